The number of piperidine rings is 1. The van der Waals surface area contributed by atoms with Crippen molar-refractivity contribution in [2.24, 2.45) is 5.92 Å². The SMILES string of the molecule is CN1CCC(C(=O)N[C@@H](CC=N)c2ccccc2)CC1. The molecule has 4 heteroatoms. The zero-order valence-corrected chi connectivity index (χ0v) is 12.0. The third-order valence-electron chi connectivity index (χ3n) is 3.96. The lowest BCUT2D eigenvalue weighted by molar-refractivity contribution is -0.127. The van der Waals surface area contributed by atoms with Gasteiger partial charge in [0, 0.05) is 12.3 Å². The Morgan fingerprint density at radius 3 is 2.65 bits per heavy atom. The summed E-state index contributed by atoms with van der Waals surface area (Å²) in [6, 6.07) is 9.82. The number of carbonyl (C=O) groups is 1. The predicted molar refractivity (Wildman–Crippen MR) is 80.9 cm³/mol. The second kappa shape index (κ2) is 7.20. The highest BCUT2D eigenvalue weighted by Crippen LogP contribution is 2.20. The van der Waals surface area contributed by atoms with Crippen molar-refractivity contribution in [1.82, 2.24) is 10.2 Å². The zero-order valence-electron chi connectivity index (χ0n) is 12.0. The molecule has 1 aromatic carbocycles. The first-order chi connectivity index (χ1) is 9.70. The number of carbonyl (C=O) groups excluding carboxylic acids is 1. The highest BCUT2D eigenvalue weighted by Gasteiger charge is 2.25. The van der Waals surface area contributed by atoms with E-state index in [2.05, 4.69) is 17.3 Å². The van der Waals surface area contributed by atoms with Crippen LogP contribution in [0.3, 0.4) is 0 Å². The highest BCUT2D eigenvalue weighted by molar-refractivity contribution is 5.79. The maximum absolute atomic E-state index is 12.4. The summed E-state index contributed by atoms with van der Waals surface area (Å²) in [4.78, 5) is 14.6. The summed E-state index contributed by atoms with van der Waals surface area (Å²) in [6.07, 6.45) is 3.76. The Hall–Kier alpha value is -1.68. The molecule has 0 aliphatic carbocycles. The third kappa shape index (κ3) is 3.90. The van der Waals surface area contributed by atoms with Gasteiger partial charge in [0.1, 0.15) is 0 Å². The van der Waals surface area contributed by atoms with E-state index in [1.807, 2.05) is 30.3 Å². The Morgan fingerprint density at radius 1 is 1.40 bits per heavy atom. The Kier molecular flexibility index (Phi) is 5.30. The smallest absolute Gasteiger partial charge is 0.223 e. The van der Waals surface area contributed by atoms with Gasteiger partial charge in [-0.1, -0.05) is 30.3 Å². The fourth-order valence-electron chi connectivity index (χ4n) is 2.64. The molecule has 1 saturated heterocycles. The minimum atomic E-state index is -0.0825. The number of nitrogens with one attached hydrogen (secondary N) is 2. The molecule has 1 aromatic rings. The number of likely N-dealkylation sites (tertiary alicyclic amines) is 1. The summed E-state index contributed by atoms with van der Waals surface area (Å²) in [5.41, 5.74) is 1.07. The number of amides is 1. The lowest BCUT2D eigenvalue weighted by Gasteiger charge is -2.29. The molecule has 2 rings (SSSR count). The second-order valence-electron chi connectivity index (χ2n) is 5.49. The normalized spacial score (nSPS) is 18.4. The summed E-state index contributed by atoms with van der Waals surface area (Å²) in [5.74, 6) is 0.247. The third-order valence-corrected chi connectivity index (χ3v) is 3.96. The van der Waals surface area contributed by atoms with Crippen LogP contribution in [0.15, 0.2) is 30.3 Å². The van der Waals surface area contributed by atoms with Crippen molar-refractivity contribution < 1.29 is 4.79 Å². The maximum atomic E-state index is 12.4. The number of hydrogen-bond donors (Lipinski definition) is 2. The van der Waals surface area contributed by atoms with Crippen molar-refractivity contribution in [3.63, 3.8) is 0 Å². The average molecular weight is 273 g/mol. The van der Waals surface area contributed by atoms with E-state index in [0.29, 0.717) is 6.42 Å². The molecule has 0 spiro atoms. The van der Waals surface area contributed by atoms with Crippen molar-refractivity contribution in [3.05, 3.63) is 35.9 Å². The summed E-state index contributed by atoms with van der Waals surface area (Å²) < 4.78 is 0. The van der Waals surface area contributed by atoms with Gasteiger partial charge in [0.25, 0.3) is 0 Å². The maximum Gasteiger partial charge on any atom is 0.223 e. The van der Waals surface area contributed by atoms with E-state index in [4.69, 9.17) is 5.41 Å². The van der Waals surface area contributed by atoms with Crippen LogP contribution in [0.1, 0.15) is 30.9 Å². The van der Waals surface area contributed by atoms with Crippen molar-refractivity contribution >= 4 is 12.1 Å². The van der Waals surface area contributed by atoms with Crippen molar-refractivity contribution in [3.8, 4) is 0 Å². The largest absolute Gasteiger partial charge is 0.349 e. The van der Waals surface area contributed by atoms with Crippen LogP contribution in [0.2, 0.25) is 0 Å². The molecule has 0 unspecified atom stereocenters. The fourth-order valence-corrected chi connectivity index (χ4v) is 2.64. The summed E-state index contributed by atoms with van der Waals surface area (Å²) in [5, 5.41) is 10.4. The zero-order chi connectivity index (χ0) is 14.4. The molecule has 0 bridgehead atoms. The van der Waals surface area contributed by atoms with Crippen LogP contribution in [0, 0.1) is 11.3 Å². The molecule has 4 nitrogen and oxygen atoms in total. The first-order valence-electron chi connectivity index (χ1n) is 7.23. The van der Waals surface area contributed by atoms with Crippen LogP contribution >= 0.6 is 0 Å². The summed E-state index contributed by atoms with van der Waals surface area (Å²) in [6.45, 7) is 1.97. The monoisotopic (exact) mass is 273 g/mol. The van der Waals surface area contributed by atoms with Crippen molar-refractivity contribution in [2.75, 3.05) is 20.1 Å². The van der Waals surface area contributed by atoms with Crippen molar-refractivity contribution in [1.29, 1.82) is 5.41 Å². The molecule has 108 valence electrons. The minimum absolute atomic E-state index is 0.0825. The molecule has 0 aromatic heterocycles. The molecular formula is C16H23N3O. The van der Waals surface area contributed by atoms with Gasteiger partial charge in [-0.2, -0.15) is 0 Å². The second-order valence-corrected chi connectivity index (χ2v) is 5.49. The van der Waals surface area contributed by atoms with Crippen molar-refractivity contribution in [2.45, 2.75) is 25.3 Å². The van der Waals surface area contributed by atoms with Gasteiger partial charge in [-0.25, -0.2) is 0 Å². The predicted octanol–water partition coefficient (Wildman–Crippen LogP) is 2.23. The topological polar surface area (TPSA) is 56.2 Å². The lowest BCUT2D eigenvalue weighted by Crippen LogP contribution is -2.40. The van der Waals surface area contributed by atoms with Gasteiger partial charge in [0.2, 0.25) is 5.91 Å². The Balaban J connectivity index is 1.97. The van der Waals surface area contributed by atoms with Gasteiger partial charge in [0.15, 0.2) is 0 Å². The van der Waals surface area contributed by atoms with Gasteiger partial charge in [-0.05, 0) is 44.8 Å². The molecule has 2 N–H and O–H groups in total. The molecule has 1 amide bonds. The van der Waals surface area contributed by atoms with E-state index >= 15 is 0 Å². The summed E-state index contributed by atoms with van der Waals surface area (Å²) in [7, 11) is 2.09. The quantitative estimate of drug-likeness (QED) is 0.808. The van der Waals surface area contributed by atoms with Crippen LogP contribution < -0.4 is 5.32 Å². The number of benzene rings is 1. The molecule has 20 heavy (non-hydrogen) atoms. The van der Waals surface area contributed by atoms with Gasteiger partial charge in [0.05, 0.1) is 6.04 Å². The van der Waals surface area contributed by atoms with Crippen LogP contribution in [0.5, 0.6) is 0 Å². The minimum Gasteiger partial charge on any atom is -0.349 e. The van der Waals surface area contributed by atoms with E-state index in [0.717, 1.165) is 31.5 Å². The standard InChI is InChI=1S/C16H23N3O/c1-19-11-8-14(9-12-19)16(20)18-15(7-10-17)13-5-3-2-4-6-13/h2-6,10,14-15,17H,7-9,11-12H2,1H3,(H,18,20)/t15-/m0/s1. The van der Waals surface area contributed by atoms with E-state index in [1.54, 1.807) is 0 Å². The molecule has 1 aliphatic rings. The van der Waals surface area contributed by atoms with Gasteiger partial charge in [-0.15, -0.1) is 0 Å². The lowest BCUT2D eigenvalue weighted by atomic mass is 9.95. The molecule has 1 heterocycles. The summed E-state index contributed by atoms with van der Waals surface area (Å²) >= 11 is 0. The molecule has 1 atom stereocenters. The van der Waals surface area contributed by atoms with E-state index < -0.39 is 0 Å². The number of rotatable bonds is 5. The van der Waals surface area contributed by atoms with Gasteiger partial charge >= 0.3 is 0 Å². The number of nitrogens with zero attached hydrogens (tertiary/aromatic N) is 1. The van der Waals surface area contributed by atoms with Crippen LogP contribution in [-0.4, -0.2) is 37.2 Å². The first kappa shape index (κ1) is 14.7. The van der Waals surface area contributed by atoms with Crippen LogP contribution in [0.25, 0.3) is 0 Å². The first-order valence-corrected chi connectivity index (χ1v) is 7.23. The molecule has 1 fully saturated rings. The van der Waals surface area contributed by atoms with E-state index in [9.17, 15) is 4.79 Å². The van der Waals surface area contributed by atoms with E-state index in [1.165, 1.54) is 6.21 Å². The highest BCUT2D eigenvalue weighted by atomic mass is 16.1. The molecule has 1 aliphatic heterocycles. The van der Waals surface area contributed by atoms with Crippen LogP contribution in [-0.2, 0) is 4.79 Å². The molecular weight excluding hydrogens is 250 g/mol. The fraction of sp³-hybridized carbons (Fsp3) is 0.500. The molecule has 0 saturated carbocycles. The van der Waals surface area contributed by atoms with Crippen LogP contribution in [0.4, 0.5) is 0 Å². The number of hydrogen-bond acceptors (Lipinski definition) is 3. The van der Waals surface area contributed by atoms with Gasteiger partial charge < -0.3 is 15.6 Å². The molecule has 0 radical (unpaired) electrons. The average Bonchev–Trinajstić information content (AvgIpc) is 2.48. The van der Waals surface area contributed by atoms with E-state index in [-0.39, 0.29) is 17.9 Å². The Bertz CT molecular complexity index is 438. The van der Waals surface area contributed by atoms with Gasteiger partial charge in [-0.3, -0.25) is 4.79 Å². The Labute approximate surface area is 120 Å². The Morgan fingerprint density at radius 2 is 2.05 bits per heavy atom.